The molecule has 0 heterocycles. The van der Waals surface area contributed by atoms with Gasteiger partial charge >= 0.3 is 31.6 Å². The summed E-state index contributed by atoms with van der Waals surface area (Å²) < 4.78 is 139. The first kappa shape index (κ1) is 45.2. The Bertz CT molecular complexity index is 718. The van der Waals surface area contributed by atoms with Crippen molar-refractivity contribution in [2.24, 2.45) is 20.2 Å². The topological polar surface area (TPSA) is 165 Å². The zero-order valence-electron chi connectivity index (χ0n) is 17.6. The normalized spacial score (nSPS) is 12.2. The van der Waals surface area contributed by atoms with Crippen molar-refractivity contribution in [3.05, 3.63) is 0 Å². The molecule has 0 radical (unpaired) electrons. The van der Waals surface area contributed by atoms with E-state index in [9.17, 15) is 39.5 Å². The number of hydrogen-bond donors (Lipinski definition) is 2. The van der Waals surface area contributed by atoms with Crippen LogP contribution in [0.3, 0.4) is 0 Å². The molecular weight excluding hydrogens is 584 g/mol. The lowest BCUT2D eigenvalue weighted by molar-refractivity contribution is 0.0538. The number of hydrogen-bond acceptors (Lipinski definition) is 11. The average Bonchev–Trinajstić information content (AvgIpc) is 2.63. The predicted molar refractivity (Wildman–Crippen MR) is 123 cm³/mol. The Labute approximate surface area is 208 Å². The Morgan fingerprint density at radius 2 is 0.806 bits per heavy atom. The molecule has 0 aromatic rings. The molecule has 36 heavy (non-hydrogen) atoms. The maximum atomic E-state index is 11.7. The van der Waals surface area contributed by atoms with E-state index < -0.39 is 44.7 Å². The van der Waals surface area contributed by atoms with Crippen LogP contribution >= 0.6 is 0 Å². The van der Waals surface area contributed by atoms with Crippen molar-refractivity contribution >= 4 is 31.6 Å². The smallest absolute Gasteiger partial charge is 0.378 e. The Kier molecular flexibility index (Phi) is 30.9. The molecule has 0 atom stereocenters. The maximum Gasteiger partial charge on any atom is 0.456 e. The third-order valence-electron chi connectivity index (χ3n) is 2.22. The standard InChI is InChI=1S/C6H12F4N2O4S2.C6H16N2O2.2CH4.F4OS/c7-17(8,13)11-1-3-15-5-6-16-4-2-12-18(9,10)14;7-1-3-9-5-6-10-4-2-8;;;1-6(2,3,4)5/h1-6H2;1-8H2;2*1H4;. The van der Waals surface area contributed by atoms with Crippen molar-refractivity contribution in [1.82, 2.24) is 0 Å². The number of ether oxygens (including phenoxy) is 4. The molecule has 0 aliphatic heterocycles. The average molecular weight is 621 g/mol. The van der Waals surface area contributed by atoms with E-state index in [1.165, 1.54) is 0 Å². The molecule has 0 fully saturated rings. The monoisotopic (exact) mass is 620 g/mol. The highest BCUT2D eigenvalue weighted by molar-refractivity contribution is 8.01. The highest BCUT2D eigenvalue weighted by Gasteiger charge is 2.33. The lowest BCUT2D eigenvalue weighted by atomic mass is 10.7. The SMILES string of the molecule is C.C.NCCOCCOCCN.O=S(F)(F)(F)F.O=S(F)(F)=NCCOCCOCCN=S(=O)(F)F. The van der Waals surface area contributed by atoms with Gasteiger partial charge in [0.2, 0.25) is 0 Å². The fourth-order valence-corrected chi connectivity index (χ4v) is 1.80. The van der Waals surface area contributed by atoms with E-state index in [4.69, 9.17) is 34.6 Å². The van der Waals surface area contributed by atoms with Crippen molar-refractivity contribution in [2.45, 2.75) is 14.9 Å². The van der Waals surface area contributed by atoms with Gasteiger partial charge in [0, 0.05) is 13.1 Å². The fourth-order valence-electron chi connectivity index (χ4n) is 1.23. The van der Waals surface area contributed by atoms with Gasteiger partial charge in [-0.1, -0.05) is 45.9 Å². The van der Waals surface area contributed by atoms with Crippen LogP contribution in [0.5, 0.6) is 0 Å². The van der Waals surface area contributed by atoms with E-state index in [0.717, 1.165) is 0 Å². The van der Waals surface area contributed by atoms with Gasteiger partial charge in [-0.2, -0.15) is 21.4 Å². The van der Waals surface area contributed by atoms with Crippen molar-refractivity contribution in [2.75, 3.05) is 79.0 Å². The molecule has 0 aliphatic rings. The zero-order chi connectivity index (χ0) is 27.2. The van der Waals surface area contributed by atoms with Crippen LogP contribution in [0, 0.1) is 0 Å². The van der Waals surface area contributed by atoms with Gasteiger partial charge in [-0.25, -0.2) is 0 Å². The third kappa shape index (κ3) is 76.6. The van der Waals surface area contributed by atoms with Crippen molar-refractivity contribution in [3.8, 4) is 0 Å². The van der Waals surface area contributed by atoms with Crippen molar-refractivity contribution in [1.29, 1.82) is 0 Å². The van der Waals surface area contributed by atoms with Gasteiger partial charge in [0.05, 0.1) is 65.9 Å². The molecule has 0 spiro atoms. The summed E-state index contributed by atoms with van der Waals surface area (Å²) in [6, 6.07) is 0. The maximum absolute atomic E-state index is 11.7. The molecule has 11 nitrogen and oxygen atoms in total. The Morgan fingerprint density at radius 1 is 0.583 bits per heavy atom. The first-order valence-corrected chi connectivity index (χ1v) is 13.1. The quantitative estimate of drug-likeness (QED) is 0.150. The van der Waals surface area contributed by atoms with Crippen LogP contribution < -0.4 is 11.5 Å². The summed E-state index contributed by atoms with van der Waals surface area (Å²) in [4.78, 5) is 0. The van der Waals surface area contributed by atoms with Gasteiger partial charge in [-0.3, -0.25) is 0 Å². The molecule has 22 heteroatoms. The van der Waals surface area contributed by atoms with Crippen LogP contribution in [0.1, 0.15) is 14.9 Å². The van der Waals surface area contributed by atoms with Crippen LogP contribution in [0.2, 0.25) is 0 Å². The Balaban J connectivity index is -0.000000151. The van der Waals surface area contributed by atoms with Gasteiger partial charge in [-0.05, 0) is 0 Å². The second-order valence-electron chi connectivity index (χ2n) is 5.13. The van der Waals surface area contributed by atoms with Gasteiger partial charge in [0.25, 0.3) is 0 Å². The van der Waals surface area contributed by atoms with Gasteiger partial charge in [0.1, 0.15) is 0 Å². The molecule has 0 bridgehead atoms. The summed E-state index contributed by atoms with van der Waals surface area (Å²) in [7, 11) is -18.3. The van der Waals surface area contributed by atoms with Crippen LogP contribution in [-0.4, -0.2) is 91.7 Å². The summed E-state index contributed by atoms with van der Waals surface area (Å²) in [5.41, 5.74) is 10.4. The summed E-state index contributed by atoms with van der Waals surface area (Å²) >= 11 is 0. The van der Waals surface area contributed by atoms with Crippen molar-refractivity contribution < 1.29 is 62.7 Å². The zero-order valence-corrected chi connectivity index (χ0v) is 20.1. The molecule has 0 saturated heterocycles. The van der Waals surface area contributed by atoms with E-state index in [2.05, 4.69) is 8.73 Å². The molecule has 228 valence electrons. The fraction of sp³-hybridized carbons (Fsp3) is 1.00. The predicted octanol–water partition coefficient (Wildman–Crippen LogP) is 3.05. The second-order valence-corrected chi connectivity index (χ2v) is 8.44. The van der Waals surface area contributed by atoms with E-state index in [1.54, 1.807) is 0 Å². The highest BCUT2D eigenvalue weighted by atomic mass is 32.4. The van der Waals surface area contributed by atoms with E-state index in [1.807, 2.05) is 0 Å². The van der Waals surface area contributed by atoms with Crippen LogP contribution in [-0.2, 0) is 50.6 Å². The van der Waals surface area contributed by atoms with Crippen molar-refractivity contribution in [3.63, 3.8) is 0 Å². The molecule has 0 aromatic heterocycles. The third-order valence-corrected chi connectivity index (χ3v) is 3.19. The minimum Gasteiger partial charge on any atom is -0.378 e. The molecular formula is C14H36F8N4O7S3. The molecule has 0 amide bonds. The number of nitrogens with two attached hydrogens (primary N) is 2. The minimum atomic E-state index is -8.10. The number of halogens is 8. The van der Waals surface area contributed by atoms with Crippen LogP contribution in [0.15, 0.2) is 8.73 Å². The molecule has 0 saturated carbocycles. The largest absolute Gasteiger partial charge is 0.456 e. The van der Waals surface area contributed by atoms with Crippen LogP contribution in [0.4, 0.5) is 31.1 Å². The summed E-state index contributed by atoms with van der Waals surface area (Å²) in [5, 5.41) is 0. The second kappa shape index (κ2) is 24.6. The molecule has 0 rings (SSSR count). The number of rotatable bonds is 16. The highest BCUT2D eigenvalue weighted by Crippen LogP contribution is 2.31. The summed E-state index contributed by atoms with van der Waals surface area (Å²) in [5.74, 6) is 0. The lowest BCUT2D eigenvalue weighted by Gasteiger charge is -2.02. The molecule has 0 aromatic carbocycles. The molecule has 0 unspecified atom stereocenters. The summed E-state index contributed by atoms with van der Waals surface area (Å²) in [6.45, 7) is 2.51. The van der Waals surface area contributed by atoms with E-state index >= 15 is 0 Å². The molecule has 4 N–H and O–H groups in total. The van der Waals surface area contributed by atoms with Gasteiger partial charge < -0.3 is 30.4 Å². The number of nitrogens with zero attached hydrogens (tertiary/aromatic N) is 2. The van der Waals surface area contributed by atoms with E-state index in [-0.39, 0.29) is 41.3 Å². The first-order chi connectivity index (χ1) is 15.4. The van der Waals surface area contributed by atoms with E-state index in [0.29, 0.717) is 39.5 Å². The van der Waals surface area contributed by atoms with Crippen LogP contribution in [0.25, 0.3) is 0 Å². The van der Waals surface area contributed by atoms with Gasteiger partial charge in [0.15, 0.2) is 0 Å². The Morgan fingerprint density at radius 3 is 1.00 bits per heavy atom. The van der Waals surface area contributed by atoms with Gasteiger partial charge in [-0.15, -0.1) is 0 Å². The first-order valence-electron chi connectivity index (χ1n) is 8.86. The lowest BCUT2D eigenvalue weighted by Crippen LogP contribution is -2.14. The minimum absolute atomic E-state index is 0. The summed E-state index contributed by atoms with van der Waals surface area (Å²) in [6.07, 6.45) is 0. The molecule has 0 aliphatic carbocycles. The Hall–Kier alpha value is -0.750.